The molecule has 2 heterocycles. The van der Waals surface area contributed by atoms with Crippen LogP contribution in [0, 0.1) is 0 Å². The summed E-state index contributed by atoms with van der Waals surface area (Å²) in [6.07, 6.45) is -4.76. The van der Waals surface area contributed by atoms with E-state index in [0.29, 0.717) is 11.1 Å². The molecule has 3 aromatic carbocycles. The second-order valence-corrected chi connectivity index (χ2v) is 9.76. The average molecular weight is 582 g/mol. The van der Waals surface area contributed by atoms with E-state index in [0.717, 1.165) is 12.1 Å². The van der Waals surface area contributed by atoms with E-state index in [9.17, 15) is 40.5 Å². The van der Waals surface area contributed by atoms with Crippen molar-refractivity contribution < 1.29 is 59.5 Å². The van der Waals surface area contributed by atoms with Crippen molar-refractivity contribution in [3.05, 3.63) is 89.2 Å². The molecule has 8 N–H and O–H groups in total. The van der Waals surface area contributed by atoms with Crippen LogP contribution in [0.15, 0.2) is 72.5 Å². The maximum atomic E-state index is 12.3. The van der Waals surface area contributed by atoms with Gasteiger partial charge in [0.05, 0.1) is 11.6 Å². The van der Waals surface area contributed by atoms with Crippen molar-refractivity contribution >= 4 is 18.1 Å². The number of hydrogen-bond donors (Lipinski definition) is 7. The van der Waals surface area contributed by atoms with Gasteiger partial charge in [0.1, 0.15) is 59.6 Å². The van der Waals surface area contributed by atoms with Gasteiger partial charge in [-0.05, 0) is 48.0 Å². The quantitative estimate of drug-likeness (QED) is 0.122. The lowest BCUT2D eigenvalue weighted by Crippen LogP contribution is -2.59. The van der Waals surface area contributed by atoms with Gasteiger partial charge in [-0.3, -0.25) is 0 Å². The Kier molecular flexibility index (Phi) is 8.22. The van der Waals surface area contributed by atoms with Crippen molar-refractivity contribution in [2.75, 3.05) is 6.61 Å². The Hall–Kier alpha value is -4.75. The second kappa shape index (κ2) is 12.0. The van der Waals surface area contributed by atoms with Crippen molar-refractivity contribution in [2.45, 2.75) is 36.8 Å². The molecule has 2 aliphatic rings. The first-order chi connectivity index (χ1) is 20.1. The third kappa shape index (κ3) is 6.26. The van der Waals surface area contributed by atoms with E-state index < -0.39 is 49.4 Å². The van der Waals surface area contributed by atoms with E-state index in [1.54, 1.807) is 24.3 Å². The minimum Gasteiger partial charge on any atom is -0.571 e. The molecule has 6 atom stereocenters. The van der Waals surface area contributed by atoms with Crippen LogP contribution in [-0.4, -0.2) is 83.8 Å². The Morgan fingerprint density at radius 1 is 0.857 bits per heavy atom. The highest BCUT2D eigenvalue weighted by molar-refractivity contribution is 5.87. The van der Waals surface area contributed by atoms with Gasteiger partial charge in [0, 0.05) is 18.2 Å². The number of aliphatic hydroxyl groups excluding tert-OH is 3. The van der Waals surface area contributed by atoms with Crippen LogP contribution in [0.1, 0.15) is 22.8 Å². The summed E-state index contributed by atoms with van der Waals surface area (Å²) in [7, 11) is 0. The highest BCUT2D eigenvalue weighted by atomic mass is 16.7. The molecule has 220 valence electrons. The monoisotopic (exact) mass is 581 g/mol. The minimum absolute atomic E-state index is 0.00939. The number of hydrogen-bond acceptors (Lipinski definition) is 11. The molecule has 1 fully saturated rings. The van der Waals surface area contributed by atoms with Crippen molar-refractivity contribution in [2.24, 2.45) is 0 Å². The SMILES string of the molecule is O=C(C=Cc1ccc(O)cc1)OCC1OC(OC2=Cc3c(O)cc(O)cc3[OH+]C2c2ccc(O)cc2)C(O)C(O)C1O. The highest BCUT2D eigenvalue weighted by Crippen LogP contribution is 2.45. The first-order valence-corrected chi connectivity index (χ1v) is 12.9. The van der Waals surface area contributed by atoms with Gasteiger partial charge in [-0.1, -0.05) is 12.1 Å². The van der Waals surface area contributed by atoms with Crippen molar-refractivity contribution in [1.29, 1.82) is 0 Å². The lowest BCUT2D eigenvalue weighted by Gasteiger charge is -2.40. The number of carbonyl (C=O) groups is 1. The molecule has 0 bridgehead atoms. The summed E-state index contributed by atoms with van der Waals surface area (Å²) < 4.78 is 21.4. The Morgan fingerprint density at radius 3 is 2.21 bits per heavy atom. The van der Waals surface area contributed by atoms with Crippen LogP contribution in [0.5, 0.6) is 28.7 Å². The van der Waals surface area contributed by atoms with E-state index in [2.05, 4.69) is 4.74 Å². The third-order valence-corrected chi connectivity index (χ3v) is 6.77. The topological polar surface area (TPSA) is 199 Å². The van der Waals surface area contributed by atoms with Gasteiger partial charge in [0.15, 0.2) is 5.76 Å². The van der Waals surface area contributed by atoms with E-state index in [4.69, 9.17) is 14.2 Å². The number of phenols is 4. The summed E-state index contributed by atoms with van der Waals surface area (Å²) in [5.74, 6) is -0.856. The zero-order chi connectivity index (χ0) is 30.0. The van der Waals surface area contributed by atoms with Crippen LogP contribution < -0.4 is 0 Å². The lowest BCUT2D eigenvalue weighted by atomic mass is 9.98. The second-order valence-electron chi connectivity index (χ2n) is 9.76. The molecule has 0 radical (unpaired) electrons. The van der Waals surface area contributed by atoms with Crippen molar-refractivity contribution in [1.82, 2.24) is 0 Å². The van der Waals surface area contributed by atoms with Gasteiger partial charge in [0.25, 0.3) is 11.9 Å². The predicted molar refractivity (Wildman–Crippen MR) is 146 cm³/mol. The van der Waals surface area contributed by atoms with Crippen LogP contribution in [0.25, 0.3) is 12.2 Å². The molecule has 0 aliphatic carbocycles. The lowest BCUT2D eigenvalue weighted by molar-refractivity contribution is -0.296. The van der Waals surface area contributed by atoms with Gasteiger partial charge in [-0.25, -0.2) is 4.79 Å². The summed E-state index contributed by atoms with van der Waals surface area (Å²) in [6, 6.07) is 14.6. The summed E-state index contributed by atoms with van der Waals surface area (Å²) in [5.41, 5.74) is 1.39. The number of benzene rings is 3. The predicted octanol–water partition coefficient (Wildman–Crippen LogP) is 1.93. The Morgan fingerprint density at radius 2 is 1.52 bits per heavy atom. The Bertz CT molecular complexity index is 1480. The van der Waals surface area contributed by atoms with E-state index in [-0.39, 0.29) is 40.1 Å². The molecule has 1 saturated heterocycles. The van der Waals surface area contributed by atoms with E-state index in [1.165, 1.54) is 42.5 Å². The first kappa shape index (κ1) is 28.8. The summed E-state index contributed by atoms with van der Waals surface area (Å²) >= 11 is 0. The number of aromatic hydroxyl groups is 5. The number of rotatable bonds is 7. The number of phenolic OH excluding ortho intramolecular Hbond substituents is 4. The number of ether oxygens (including phenoxy) is 4. The zero-order valence-corrected chi connectivity index (χ0v) is 21.9. The smallest absolute Gasteiger partial charge is 0.330 e. The van der Waals surface area contributed by atoms with Crippen LogP contribution >= 0.6 is 0 Å². The number of carbonyl (C=O) groups excluding carboxylic acids is 1. The van der Waals surface area contributed by atoms with Gasteiger partial charge in [-0.2, -0.15) is 0 Å². The van der Waals surface area contributed by atoms with Crippen LogP contribution in [0.4, 0.5) is 0 Å². The molecule has 6 unspecified atom stereocenters. The summed E-state index contributed by atoms with van der Waals surface area (Å²) in [4.78, 5) is 12.3. The molecular weight excluding hydrogens is 552 g/mol. The molecule has 2 aliphatic heterocycles. The molecular formula is C30H29O12+. The molecule has 0 aromatic heterocycles. The maximum Gasteiger partial charge on any atom is 0.330 e. The average Bonchev–Trinajstić information content (AvgIpc) is 2.97. The minimum atomic E-state index is -1.73. The van der Waals surface area contributed by atoms with Gasteiger partial charge in [0.2, 0.25) is 6.29 Å². The van der Waals surface area contributed by atoms with Crippen LogP contribution in [0.2, 0.25) is 0 Å². The zero-order valence-electron chi connectivity index (χ0n) is 21.9. The van der Waals surface area contributed by atoms with Crippen molar-refractivity contribution in [3.63, 3.8) is 0 Å². The van der Waals surface area contributed by atoms with Gasteiger partial charge >= 0.3 is 5.97 Å². The van der Waals surface area contributed by atoms with Gasteiger partial charge in [-0.15, -0.1) is 0 Å². The molecule has 12 heteroatoms. The summed E-state index contributed by atoms with van der Waals surface area (Å²) in [6.45, 7) is -0.489. The maximum absolute atomic E-state index is 12.3. The summed E-state index contributed by atoms with van der Waals surface area (Å²) in [5, 5.41) is 71.1. The Balaban J connectivity index is 1.34. The number of esters is 1. The highest BCUT2D eigenvalue weighted by Gasteiger charge is 2.47. The number of fused-ring (bicyclic) bond motifs is 1. The van der Waals surface area contributed by atoms with E-state index in [1.807, 2.05) is 0 Å². The standard InChI is InChI=1S/C30H28O12/c31-17-6-1-15(2-7-17)3-10-25(35)39-14-24-26(36)27(37)28(38)30(42-24)41-23-13-20-21(34)11-19(33)12-22(20)40-29(23)16-4-8-18(32)9-5-16/h1-13,24,26-34,36-38H,14H2/p+1. The van der Waals surface area contributed by atoms with E-state index >= 15 is 0 Å². The molecule has 0 saturated carbocycles. The third-order valence-electron chi connectivity index (χ3n) is 6.77. The molecule has 0 spiro atoms. The molecule has 5 rings (SSSR count). The largest absolute Gasteiger partial charge is 0.571 e. The molecule has 42 heavy (non-hydrogen) atoms. The molecule has 3 aromatic rings. The van der Waals surface area contributed by atoms with Crippen LogP contribution in [0.3, 0.4) is 0 Å². The fourth-order valence-corrected chi connectivity index (χ4v) is 4.53. The molecule has 0 amide bonds. The van der Waals surface area contributed by atoms with Gasteiger partial charge < -0.3 is 54.7 Å². The van der Waals surface area contributed by atoms with Crippen molar-refractivity contribution in [3.8, 4) is 28.7 Å². The normalized spacial score (nSPS) is 25.3. The first-order valence-electron chi connectivity index (χ1n) is 12.9. The number of aliphatic hydroxyl groups is 4. The fraction of sp³-hybridized carbons (Fsp3) is 0.233. The Labute approximate surface area is 239 Å². The van der Waals surface area contributed by atoms with Crippen LogP contribution in [-0.2, 0) is 19.0 Å². The fourth-order valence-electron chi connectivity index (χ4n) is 4.53. The molecule has 12 nitrogen and oxygen atoms in total.